The van der Waals surface area contributed by atoms with Gasteiger partial charge >= 0.3 is 5.97 Å². The smallest absolute Gasteiger partial charge is 0.303 e. The summed E-state index contributed by atoms with van der Waals surface area (Å²) in [6.45, 7) is 1.88. The Balaban J connectivity index is 2.33. The van der Waals surface area contributed by atoms with E-state index in [0.717, 1.165) is 32.1 Å². The van der Waals surface area contributed by atoms with Gasteiger partial charge in [0.05, 0.1) is 12.2 Å². The number of hydrogen-bond acceptors (Lipinski definition) is 4. The minimum absolute atomic E-state index is 0.0539. The molecule has 0 spiro atoms. The lowest BCUT2D eigenvalue weighted by atomic mass is 9.88. The van der Waals surface area contributed by atoms with E-state index in [1.165, 1.54) is 0 Å². The number of carbonyl (C=O) groups is 2. The van der Waals surface area contributed by atoms with Crippen molar-refractivity contribution in [2.45, 2.75) is 76.9 Å². The molecular weight excluding hydrogens is 296 g/mol. The summed E-state index contributed by atoms with van der Waals surface area (Å²) in [6, 6.07) is 0. The Hall–Kier alpha value is -1.20. The summed E-state index contributed by atoms with van der Waals surface area (Å²) in [5.41, 5.74) is 0. The van der Waals surface area contributed by atoms with E-state index in [2.05, 4.69) is 0 Å². The van der Waals surface area contributed by atoms with Crippen LogP contribution >= 0.6 is 0 Å². The summed E-state index contributed by atoms with van der Waals surface area (Å²) in [6.07, 6.45) is 8.69. The van der Waals surface area contributed by atoms with E-state index in [0.29, 0.717) is 12.8 Å². The molecule has 0 aromatic heterocycles. The van der Waals surface area contributed by atoms with Gasteiger partial charge in [-0.15, -0.1) is 0 Å². The van der Waals surface area contributed by atoms with E-state index in [-0.39, 0.29) is 30.5 Å². The van der Waals surface area contributed by atoms with Crippen LogP contribution in [0.3, 0.4) is 0 Å². The molecular formula is C18H30O5. The second kappa shape index (κ2) is 10.6. The Bertz CT molecular complexity index is 404. The number of allylic oxidation sites excluding steroid dienone is 1. The molecule has 1 rings (SSSR count). The number of carbonyl (C=O) groups excluding carboxylic acids is 1. The van der Waals surface area contributed by atoms with Crippen LogP contribution in [0.1, 0.15) is 64.7 Å². The molecule has 23 heavy (non-hydrogen) atoms. The molecule has 132 valence electrons. The highest BCUT2D eigenvalue weighted by molar-refractivity contribution is 5.85. The number of aliphatic hydroxyl groups is 2. The molecule has 1 aliphatic carbocycles. The quantitative estimate of drug-likeness (QED) is 0.401. The van der Waals surface area contributed by atoms with Gasteiger partial charge in [0.2, 0.25) is 0 Å². The first-order valence-corrected chi connectivity index (χ1v) is 8.74. The average Bonchev–Trinajstić information content (AvgIpc) is 2.77. The van der Waals surface area contributed by atoms with Crippen LogP contribution in [0.25, 0.3) is 0 Å². The van der Waals surface area contributed by atoms with Gasteiger partial charge < -0.3 is 15.3 Å². The molecule has 0 radical (unpaired) electrons. The third kappa shape index (κ3) is 7.27. The van der Waals surface area contributed by atoms with Crippen LogP contribution < -0.4 is 0 Å². The number of rotatable bonds is 11. The van der Waals surface area contributed by atoms with Gasteiger partial charge in [0, 0.05) is 18.8 Å². The number of carboxylic acids is 1. The summed E-state index contributed by atoms with van der Waals surface area (Å²) in [7, 11) is 0. The molecule has 5 heteroatoms. The fraction of sp³-hybridized carbons (Fsp3) is 0.778. The van der Waals surface area contributed by atoms with Gasteiger partial charge in [0.15, 0.2) is 0 Å². The molecule has 5 nitrogen and oxygen atoms in total. The number of aliphatic hydroxyl groups excluding tert-OH is 2. The topological polar surface area (TPSA) is 94.8 Å². The summed E-state index contributed by atoms with van der Waals surface area (Å²) in [5, 5.41) is 28.2. The summed E-state index contributed by atoms with van der Waals surface area (Å²) in [5.74, 6) is -1.02. The van der Waals surface area contributed by atoms with Crippen molar-refractivity contribution in [3.05, 3.63) is 12.2 Å². The van der Waals surface area contributed by atoms with Crippen molar-refractivity contribution < 1.29 is 24.9 Å². The second-order valence-electron chi connectivity index (χ2n) is 6.49. The first-order chi connectivity index (χ1) is 11.0. The van der Waals surface area contributed by atoms with Crippen molar-refractivity contribution in [2.75, 3.05) is 0 Å². The lowest BCUT2D eigenvalue weighted by Crippen LogP contribution is -2.19. The van der Waals surface area contributed by atoms with Crippen molar-refractivity contribution in [3.63, 3.8) is 0 Å². The minimum Gasteiger partial charge on any atom is -0.481 e. The number of carboxylic acid groups (broad SMARTS) is 1. The van der Waals surface area contributed by atoms with Crippen molar-refractivity contribution >= 4 is 11.8 Å². The molecule has 0 aliphatic heterocycles. The van der Waals surface area contributed by atoms with Gasteiger partial charge in [-0.3, -0.25) is 9.59 Å². The normalized spacial score (nSPS) is 26.0. The average molecular weight is 326 g/mol. The fourth-order valence-electron chi connectivity index (χ4n) is 3.16. The zero-order valence-electron chi connectivity index (χ0n) is 14.0. The summed E-state index contributed by atoms with van der Waals surface area (Å²) >= 11 is 0. The molecule has 0 aromatic carbocycles. The first kappa shape index (κ1) is 19.8. The summed E-state index contributed by atoms with van der Waals surface area (Å²) < 4.78 is 0. The van der Waals surface area contributed by atoms with Crippen LogP contribution in [-0.4, -0.2) is 39.3 Å². The molecule has 0 amide bonds. The number of Topliss-reactive ketones (excluding diaryl/α,β-unsaturated/α-hetero) is 1. The Morgan fingerprint density at radius 3 is 2.57 bits per heavy atom. The lowest BCUT2D eigenvalue weighted by molar-refractivity contribution is -0.137. The standard InChI is InChI=1S/C18H30O5/c1-2-13(19)10-11-15-14(16(20)12-17(15)21)8-6-4-3-5-7-9-18(22)23/h10-11,13-16,19-20H,2-9,12H2,1H3,(H,22,23)/b11-10+/t13-,14+,15-,16+/m0/s1. The zero-order valence-corrected chi connectivity index (χ0v) is 14.0. The third-order valence-corrected chi connectivity index (χ3v) is 4.62. The highest BCUT2D eigenvalue weighted by Gasteiger charge is 2.39. The van der Waals surface area contributed by atoms with Crippen molar-refractivity contribution in [1.82, 2.24) is 0 Å². The fourth-order valence-corrected chi connectivity index (χ4v) is 3.16. The Labute approximate surface area is 138 Å². The maximum atomic E-state index is 12.0. The molecule has 4 atom stereocenters. The van der Waals surface area contributed by atoms with Gasteiger partial charge in [0.1, 0.15) is 5.78 Å². The van der Waals surface area contributed by atoms with E-state index in [4.69, 9.17) is 5.11 Å². The van der Waals surface area contributed by atoms with Crippen LogP contribution in [0.15, 0.2) is 12.2 Å². The molecule has 3 N–H and O–H groups in total. The molecule has 1 aliphatic rings. The zero-order chi connectivity index (χ0) is 17.2. The lowest BCUT2D eigenvalue weighted by Gasteiger charge is -2.18. The highest BCUT2D eigenvalue weighted by Crippen LogP contribution is 2.34. The second-order valence-corrected chi connectivity index (χ2v) is 6.49. The predicted molar refractivity (Wildman–Crippen MR) is 88.0 cm³/mol. The van der Waals surface area contributed by atoms with Crippen LogP contribution in [-0.2, 0) is 9.59 Å². The first-order valence-electron chi connectivity index (χ1n) is 8.74. The Kier molecular flexibility index (Phi) is 9.10. The van der Waals surface area contributed by atoms with Gasteiger partial charge in [-0.1, -0.05) is 44.8 Å². The number of ketones is 1. The van der Waals surface area contributed by atoms with E-state index >= 15 is 0 Å². The summed E-state index contributed by atoms with van der Waals surface area (Å²) in [4.78, 5) is 22.4. The monoisotopic (exact) mass is 326 g/mol. The SMILES string of the molecule is CC[C@H](O)/C=C/[C@@H]1C(=O)C[C@@H](O)[C@@H]1CCCCCCCC(=O)O. The van der Waals surface area contributed by atoms with Gasteiger partial charge in [0.25, 0.3) is 0 Å². The molecule has 0 heterocycles. The molecule has 1 saturated carbocycles. The van der Waals surface area contributed by atoms with Crippen LogP contribution in [0.4, 0.5) is 0 Å². The maximum Gasteiger partial charge on any atom is 0.303 e. The van der Waals surface area contributed by atoms with Crippen LogP contribution in [0.2, 0.25) is 0 Å². The van der Waals surface area contributed by atoms with E-state index in [9.17, 15) is 19.8 Å². The van der Waals surface area contributed by atoms with E-state index < -0.39 is 18.2 Å². The van der Waals surface area contributed by atoms with Gasteiger partial charge in [-0.05, 0) is 25.2 Å². The molecule has 0 aromatic rings. The third-order valence-electron chi connectivity index (χ3n) is 4.62. The minimum atomic E-state index is -0.749. The number of hydrogen-bond donors (Lipinski definition) is 3. The number of unbranched alkanes of at least 4 members (excludes halogenated alkanes) is 4. The van der Waals surface area contributed by atoms with Crippen molar-refractivity contribution in [2.24, 2.45) is 11.8 Å². The van der Waals surface area contributed by atoms with Gasteiger partial charge in [-0.2, -0.15) is 0 Å². The molecule has 0 saturated heterocycles. The van der Waals surface area contributed by atoms with E-state index in [1.807, 2.05) is 6.92 Å². The van der Waals surface area contributed by atoms with E-state index in [1.54, 1.807) is 12.2 Å². The van der Waals surface area contributed by atoms with Gasteiger partial charge in [-0.25, -0.2) is 0 Å². The van der Waals surface area contributed by atoms with Crippen LogP contribution in [0, 0.1) is 11.8 Å². The predicted octanol–water partition coefficient (Wildman–Crippen LogP) is 2.69. The molecule has 1 fully saturated rings. The van der Waals surface area contributed by atoms with Crippen molar-refractivity contribution in [1.29, 1.82) is 0 Å². The van der Waals surface area contributed by atoms with Crippen molar-refractivity contribution in [3.8, 4) is 0 Å². The largest absolute Gasteiger partial charge is 0.481 e. The number of aliphatic carboxylic acids is 1. The van der Waals surface area contributed by atoms with Crippen LogP contribution in [0.5, 0.6) is 0 Å². The highest BCUT2D eigenvalue weighted by atomic mass is 16.4. The Morgan fingerprint density at radius 1 is 1.26 bits per heavy atom. The molecule has 0 bridgehead atoms. The molecule has 0 unspecified atom stereocenters. The maximum absolute atomic E-state index is 12.0. The Morgan fingerprint density at radius 2 is 1.91 bits per heavy atom.